The van der Waals surface area contributed by atoms with Crippen LogP contribution in [-0.4, -0.2) is 42.6 Å². The fraction of sp³-hybridized carbons (Fsp3) is 0.135. The van der Waals surface area contributed by atoms with Crippen molar-refractivity contribution in [1.29, 1.82) is 0 Å². The Bertz CT molecular complexity index is 2110. The predicted molar refractivity (Wildman–Crippen MR) is 177 cm³/mol. The topological polar surface area (TPSA) is 95.5 Å². The number of benzene rings is 3. The molecule has 0 radical (unpaired) electrons. The minimum absolute atomic E-state index is 0.223. The van der Waals surface area contributed by atoms with Crippen molar-refractivity contribution in [2.24, 2.45) is 7.05 Å². The van der Waals surface area contributed by atoms with E-state index in [0.29, 0.717) is 17.0 Å². The molecule has 0 aliphatic carbocycles. The van der Waals surface area contributed by atoms with Crippen LogP contribution in [0.1, 0.15) is 22.4 Å². The summed E-state index contributed by atoms with van der Waals surface area (Å²) in [6.07, 6.45) is 5.47. The molecule has 3 aromatic carbocycles. The number of aryl methyl sites for hydroxylation is 1. The molecule has 0 spiro atoms. The van der Waals surface area contributed by atoms with Gasteiger partial charge in [0.25, 0.3) is 0 Å². The summed E-state index contributed by atoms with van der Waals surface area (Å²) in [6.45, 7) is 0. The van der Waals surface area contributed by atoms with Crippen LogP contribution < -0.4 is 11.0 Å². The Morgan fingerprint density at radius 2 is 1.37 bits per heavy atom. The van der Waals surface area contributed by atoms with Gasteiger partial charge in [0.05, 0.1) is 23.9 Å². The van der Waals surface area contributed by atoms with Gasteiger partial charge < -0.3 is 9.14 Å². The molecule has 7 rings (SSSR count). The molecule has 1 N–H and O–H groups in total. The molecule has 0 unspecified atom stereocenters. The van der Waals surface area contributed by atoms with E-state index in [0.717, 1.165) is 27.9 Å². The van der Waals surface area contributed by atoms with Gasteiger partial charge >= 0.3 is 11.7 Å². The lowest BCUT2D eigenvalue weighted by atomic mass is 9.76. The Kier molecular flexibility index (Phi) is 7.52. The quantitative estimate of drug-likeness (QED) is 0.182. The molecule has 1 atom stereocenters. The molecule has 46 heavy (non-hydrogen) atoms. The summed E-state index contributed by atoms with van der Waals surface area (Å²) in [5, 5.41) is 3.78. The second-order valence-electron chi connectivity index (χ2n) is 11.1. The van der Waals surface area contributed by atoms with Crippen molar-refractivity contribution < 1.29 is 9.53 Å². The maximum absolute atomic E-state index is 13.7. The van der Waals surface area contributed by atoms with Gasteiger partial charge in [0, 0.05) is 37.8 Å². The minimum atomic E-state index is -0.890. The molecule has 4 heterocycles. The number of fused-ring (bicyclic) bond motifs is 2. The molecule has 9 heteroatoms. The summed E-state index contributed by atoms with van der Waals surface area (Å²) < 4.78 is 10.5. The highest BCUT2D eigenvalue weighted by molar-refractivity contribution is 5.78. The lowest BCUT2D eigenvalue weighted by Crippen LogP contribution is -2.53. The SMILES string of the molecule is COC(=O)[C@H](Cc1ccc(-n2c(=O)n(C)c3cccnc32)c2nccn12)NC(c1ccccc1)(c1ccccc1)c1ccccc1. The smallest absolute Gasteiger partial charge is 0.334 e. The summed E-state index contributed by atoms with van der Waals surface area (Å²) >= 11 is 0. The summed E-state index contributed by atoms with van der Waals surface area (Å²) in [6, 6.07) is 37.1. The zero-order valence-electron chi connectivity index (χ0n) is 25.4. The van der Waals surface area contributed by atoms with E-state index in [1.165, 1.54) is 7.11 Å². The molecular formula is C37H32N6O3. The second kappa shape index (κ2) is 11.9. The van der Waals surface area contributed by atoms with Crippen LogP contribution in [-0.2, 0) is 28.5 Å². The Morgan fingerprint density at radius 1 is 0.783 bits per heavy atom. The molecule has 7 aromatic rings. The average molecular weight is 609 g/mol. The van der Waals surface area contributed by atoms with Crippen LogP contribution in [0.4, 0.5) is 0 Å². The zero-order valence-corrected chi connectivity index (χ0v) is 25.4. The Labute approximate surface area is 265 Å². The first-order chi connectivity index (χ1) is 22.5. The van der Waals surface area contributed by atoms with Crippen LogP contribution in [0.25, 0.3) is 22.5 Å². The number of hydrogen-bond donors (Lipinski definition) is 1. The molecule has 0 bridgehead atoms. The number of nitrogens with one attached hydrogen (secondary N) is 1. The fourth-order valence-corrected chi connectivity index (χ4v) is 6.40. The van der Waals surface area contributed by atoms with Gasteiger partial charge in [-0.1, -0.05) is 91.0 Å². The maximum atomic E-state index is 13.7. The number of rotatable bonds is 9. The zero-order chi connectivity index (χ0) is 31.7. The third kappa shape index (κ3) is 4.78. The molecule has 9 nitrogen and oxygen atoms in total. The van der Waals surface area contributed by atoms with E-state index in [1.54, 1.807) is 34.6 Å². The number of imidazole rings is 2. The number of carbonyl (C=O) groups is 1. The largest absolute Gasteiger partial charge is 0.468 e. The lowest BCUT2D eigenvalue weighted by molar-refractivity contribution is -0.143. The van der Waals surface area contributed by atoms with Crippen molar-refractivity contribution in [2.45, 2.75) is 18.0 Å². The van der Waals surface area contributed by atoms with E-state index in [4.69, 9.17) is 4.74 Å². The number of pyridine rings is 2. The molecule has 0 amide bonds. The van der Waals surface area contributed by atoms with Crippen LogP contribution in [0.15, 0.2) is 139 Å². The van der Waals surface area contributed by atoms with Gasteiger partial charge in [-0.05, 0) is 41.0 Å². The van der Waals surface area contributed by atoms with Gasteiger partial charge in [0.2, 0.25) is 0 Å². The monoisotopic (exact) mass is 608 g/mol. The Balaban J connectivity index is 1.37. The van der Waals surface area contributed by atoms with E-state index in [2.05, 4.69) is 51.7 Å². The van der Waals surface area contributed by atoms with Crippen LogP contribution >= 0.6 is 0 Å². The molecule has 0 aliphatic rings. The first-order valence-electron chi connectivity index (χ1n) is 15.0. The van der Waals surface area contributed by atoms with E-state index in [-0.39, 0.29) is 12.1 Å². The van der Waals surface area contributed by atoms with E-state index in [1.807, 2.05) is 83.4 Å². The summed E-state index contributed by atoms with van der Waals surface area (Å²) in [5.74, 6) is -0.404. The molecule has 0 saturated carbocycles. The molecule has 228 valence electrons. The van der Waals surface area contributed by atoms with Crippen molar-refractivity contribution in [2.75, 3.05) is 7.11 Å². The van der Waals surface area contributed by atoms with Crippen molar-refractivity contribution in [3.63, 3.8) is 0 Å². The van der Waals surface area contributed by atoms with Gasteiger partial charge in [0.1, 0.15) is 6.04 Å². The van der Waals surface area contributed by atoms with Gasteiger partial charge in [-0.3, -0.25) is 14.7 Å². The minimum Gasteiger partial charge on any atom is -0.468 e. The Morgan fingerprint density at radius 3 is 1.96 bits per heavy atom. The van der Waals surface area contributed by atoms with Gasteiger partial charge in [-0.15, -0.1) is 0 Å². The molecule has 4 aromatic heterocycles. The number of esters is 1. The van der Waals surface area contributed by atoms with Crippen molar-refractivity contribution in [1.82, 2.24) is 28.8 Å². The summed E-state index contributed by atoms with van der Waals surface area (Å²) in [7, 11) is 3.13. The normalized spacial score (nSPS) is 12.4. The first kappa shape index (κ1) is 28.9. The van der Waals surface area contributed by atoms with Crippen molar-refractivity contribution in [3.8, 4) is 5.69 Å². The van der Waals surface area contributed by atoms with E-state index < -0.39 is 17.6 Å². The number of nitrogens with zero attached hydrogens (tertiary/aromatic N) is 5. The average Bonchev–Trinajstić information content (AvgIpc) is 3.71. The van der Waals surface area contributed by atoms with Crippen LogP contribution in [0.5, 0.6) is 0 Å². The molecule has 0 fully saturated rings. The summed E-state index contributed by atoms with van der Waals surface area (Å²) in [5.41, 5.74) is 5.06. The number of hydrogen-bond acceptors (Lipinski definition) is 6. The highest BCUT2D eigenvalue weighted by Gasteiger charge is 2.40. The van der Waals surface area contributed by atoms with Gasteiger partial charge in [-0.25, -0.2) is 19.3 Å². The maximum Gasteiger partial charge on any atom is 0.334 e. The number of methoxy groups -OCH3 is 1. The number of ether oxygens (including phenoxy) is 1. The highest BCUT2D eigenvalue weighted by Crippen LogP contribution is 2.37. The number of aromatic nitrogens is 5. The Hall–Kier alpha value is -5.80. The van der Waals surface area contributed by atoms with E-state index >= 15 is 0 Å². The van der Waals surface area contributed by atoms with Crippen molar-refractivity contribution >= 4 is 22.8 Å². The van der Waals surface area contributed by atoms with Crippen LogP contribution in [0.2, 0.25) is 0 Å². The molecule has 0 saturated heterocycles. The van der Waals surface area contributed by atoms with Crippen molar-refractivity contribution in [3.05, 3.63) is 167 Å². The van der Waals surface area contributed by atoms with E-state index in [9.17, 15) is 9.59 Å². The predicted octanol–water partition coefficient (Wildman–Crippen LogP) is 5.04. The van der Waals surface area contributed by atoms with Gasteiger partial charge in [-0.2, -0.15) is 0 Å². The van der Waals surface area contributed by atoms with Crippen LogP contribution in [0, 0.1) is 0 Å². The third-order valence-corrected chi connectivity index (χ3v) is 8.58. The second-order valence-corrected chi connectivity index (χ2v) is 11.1. The van der Waals surface area contributed by atoms with Gasteiger partial charge in [0.15, 0.2) is 11.3 Å². The van der Waals surface area contributed by atoms with Crippen LogP contribution in [0.3, 0.4) is 0 Å². The summed E-state index contributed by atoms with van der Waals surface area (Å²) in [4.78, 5) is 36.2. The standard InChI is InChI=1S/C37H32N6O3/c1-41-31-19-12-22-38-34(31)43(36(41)45)32-21-20-29(42-24-23-39-33(32)42)25-30(35(44)46-2)40-37(26-13-6-3-7-14-26,27-15-8-4-9-16-27)28-17-10-5-11-18-28/h3-24,30,40H,25H2,1-2H3/t30-/m0/s1. The fourth-order valence-electron chi connectivity index (χ4n) is 6.40. The number of carbonyl (C=O) groups excluding carboxylic acids is 1. The highest BCUT2D eigenvalue weighted by atomic mass is 16.5. The third-order valence-electron chi connectivity index (χ3n) is 8.58. The lowest BCUT2D eigenvalue weighted by Gasteiger charge is -2.39. The first-order valence-corrected chi connectivity index (χ1v) is 15.0. The molecular weight excluding hydrogens is 576 g/mol. The molecule has 0 aliphatic heterocycles.